The van der Waals surface area contributed by atoms with E-state index in [-0.39, 0.29) is 11.6 Å². The topological polar surface area (TPSA) is 32.3 Å². The van der Waals surface area contributed by atoms with Crippen LogP contribution in [0.4, 0.5) is 18.9 Å². The van der Waals surface area contributed by atoms with Gasteiger partial charge in [-0.2, -0.15) is 13.2 Å². The molecule has 0 aliphatic rings. The minimum absolute atomic E-state index is 0.0397. The zero-order chi connectivity index (χ0) is 15.5. The Morgan fingerprint density at radius 2 is 1.95 bits per heavy atom. The third kappa shape index (κ3) is 3.65. The second-order valence-electron chi connectivity index (χ2n) is 4.80. The lowest BCUT2D eigenvalue weighted by Gasteiger charge is -2.23. The first-order valence-corrected chi connectivity index (χ1v) is 6.40. The van der Waals surface area contributed by atoms with Crippen LogP contribution in [0, 0.1) is 0 Å². The highest BCUT2D eigenvalue weighted by Gasteiger charge is 2.32. The van der Waals surface area contributed by atoms with Gasteiger partial charge in [0.1, 0.15) is 0 Å². The zero-order valence-electron chi connectivity index (χ0n) is 12.0. The van der Waals surface area contributed by atoms with Gasteiger partial charge in [0.25, 0.3) is 5.91 Å². The van der Waals surface area contributed by atoms with Crippen molar-refractivity contribution < 1.29 is 18.0 Å². The number of anilines is 1. The number of alkyl halides is 3. The Labute approximate surface area is 116 Å². The summed E-state index contributed by atoms with van der Waals surface area (Å²) in [6.45, 7) is 5.95. The van der Waals surface area contributed by atoms with E-state index in [1.165, 1.54) is 11.0 Å². The number of carbonyl (C=O) groups excluding carboxylic acids is 1. The van der Waals surface area contributed by atoms with Gasteiger partial charge in [-0.3, -0.25) is 4.79 Å². The highest BCUT2D eigenvalue weighted by Crippen LogP contribution is 2.32. The lowest BCUT2D eigenvalue weighted by Crippen LogP contribution is -2.33. The molecule has 1 rings (SSSR count). The zero-order valence-corrected chi connectivity index (χ0v) is 12.0. The van der Waals surface area contributed by atoms with Crippen LogP contribution in [0.15, 0.2) is 18.2 Å². The molecule has 1 aromatic carbocycles. The number of carbonyl (C=O) groups is 1. The number of halogens is 3. The van der Waals surface area contributed by atoms with Gasteiger partial charge in [0.2, 0.25) is 0 Å². The molecule has 0 unspecified atom stereocenters. The van der Waals surface area contributed by atoms with Crippen molar-refractivity contribution in [3.05, 3.63) is 29.3 Å². The van der Waals surface area contributed by atoms with Crippen LogP contribution in [0.1, 0.15) is 36.7 Å². The van der Waals surface area contributed by atoms with Crippen LogP contribution < -0.4 is 5.32 Å². The fourth-order valence-corrected chi connectivity index (χ4v) is 1.67. The van der Waals surface area contributed by atoms with Gasteiger partial charge in [0.15, 0.2) is 0 Å². The van der Waals surface area contributed by atoms with Crippen molar-refractivity contribution in [1.82, 2.24) is 4.90 Å². The second kappa shape index (κ2) is 6.15. The smallest absolute Gasteiger partial charge is 0.385 e. The van der Waals surface area contributed by atoms with Gasteiger partial charge in [-0.25, -0.2) is 0 Å². The molecule has 3 nitrogen and oxygen atoms in total. The van der Waals surface area contributed by atoms with Crippen LogP contribution in [-0.4, -0.2) is 30.4 Å². The van der Waals surface area contributed by atoms with E-state index >= 15 is 0 Å². The summed E-state index contributed by atoms with van der Waals surface area (Å²) in [6.07, 6.45) is -4.46. The molecule has 0 aliphatic carbocycles. The standard InChI is InChI=1S/C14H19F3N2O/c1-5-18-12-7-6-10(14(15,16)17)8-11(12)13(20)19(4)9(2)3/h6-9,18H,5H2,1-4H3. The van der Waals surface area contributed by atoms with E-state index in [2.05, 4.69) is 5.32 Å². The third-order valence-corrected chi connectivity index (χ3v) is 3.04. The predicted octanol–water partition coefficient (Wildman–Crippen LogP) is 3.62. The van der Waals surface area contributed by atoms with E-state index in [4.69, 9.17) is 0 Å². The highest BCUT2D eigenvalue weighted by molar-refractivity contribution is 5.99. The van der Waals surface area contributed by atoms with Crippen LogP contribution >= 0.6 is 0 Å². The molecule has 1 amide bonds. The van der Waals surface area contributed by atoms with Crippen LogP contribution in [0.3, 0.4) is 0 Å². The van der Waals surface area contributed by atoms with Crippen molar-refractivity contribution in [2.75, 3.05) is 18.9 Å². The van der Waals surface area contributed by atoms with Gasteiger partial charge in [-0.15, -0.1) is 0 Å². The van der Waals surface area contributed by atoms with Crippen LogP contribution in [0.2, 0.25) is 0 Å². The van der Waals surface area contributed by atoms with Crippen molar-refractivity contribution in [3.8, 4) is 0 Å². The fraction of sp³-hybridized carbons (Fsp3) is 0.500. The highest BCUT2D eigenvalue weighted by atomic mass is 19.4. The summed E-state index contributed by atoms with van der Waals surface area (Å²) >= 11 is 0. The summed E-state index contributed by atoms with van der Waals surface area (Å²) in [4.78, 5) is 13.7. The molecular weight excluding hydrogens is 269 g/mol. The number of hydrogen-bond donors (Lipinski definition) is 1. The predicted molar refractivity (Wildman–Crippen MR) is 72.8 cm³/mol. The number of rotatable bonds is 4. The molecule has 1 N–H and O–H groups in total. The molecule has 0 bridgehead atoms. The third-order valence-electron chi connectivity index (χ3n) is 3.04. The Kier molecular flexibility index (Phi) is 5.03. The summed E-state index contributed by atoms with van der Waals surface area (Å²) < 4.78 is 38.3. The molecule has 0 saturated carbocycles. The first-order chi connectivity index (χ1) is 9.18. The molecule has 0 heterocycles. The average molecular weight is 288 g/mol. The van der Waals surface area contributed by atoms with Gasteiger partial charge in [-0.1, -0.05) is 0 Å². The largest absolute Gasteiger partial charge is 0.416 e. The normalized spacial score (nSPS) is 11.6. The second-order valence-corrected chi connectivity index (χ2v) is 4.80. The van der Waals surface area contributed by atoms with E-state index in [9.17, 15) is 18.0 Å². The Bertz CT molecular complexity index is 484. The molecule has 0 radical (unpaired) electrons. The molecule has 0 spiro atoms. The SMILES string of the molecule is CCNc1ccc(C(F)(F)F)cc1C(=O)N(C)C(C)C. The first-order valence-electron chi connectivity index (χ1n) is 6.40. The van der Waals surface area contributed by atoms with E-state index in [1.54, 1.807) is 20.9 Å². The van der Waals surface area contributed by atoms with Gasteiger partial charge >= 0.3 is 6.18 Å². The molecule has 0 saturated heterocycles. The van der Waals surface area contributed by atoms with Crippen molar-refractivity contribution in [2.24, 2.45) is 0 Å². The molecule has 0 aliphatic heterocycles. The summed E-state index contributed by atoms with van der Waals surface area (Å²) in [5, 5.41) is 2.91. The molecule has 6 heteroatoms. The van der Waals surface area contributed by atoms with E-state index in [0.29, 0.717) is 12.2 Å². The lowest BCUT2D eigenvalue weighted by atomic mass is 10.1. The summed E-state index contributed by atoms with van der Waals surface area (Å²) in [5.41, 5.74) is -0.365. The summed E-state index contributed by atoms with van der Waals surface area (Å²) in [7, 11) is 1.57. The van der Waals surface area contributed by atoms with Gasteiger partial charge in [0, 0.05) is 25.3 Å². The van der Waals surface area contributed by atoms with Crippen molar-refractivity contribution in [1.29, 1.82) is 0 Å². The van der Waals surface area contributed by atoms with Crippen molar-refractivity contribution in [2.45, 2.75) is 33.0 Å². The fourth-order valence-electron chi connectivity index (χ4n) is 1.67. The number of nitrogens with zero attached hydrogens (tertiary/aromatic N) is 1. The summed E-state index contributed by atoms with van der Waals surface area (Å²) in [6, 6.07) is 3.09. The van der Waals surface area contributed by atoms with Crippen LogP contribution in [0.25, 0.3) is 0 Å². The van der Waals surface area contributed by atoms with E-state index in [1.807, 2.05) is 6.92 Å². The molecule has 0 aromatic heterocycles. The maximum atomic E-state index is 12.8. The number of hydrogen-bond acceptors (Lipinski definition) is 2. The van der Waals surface area contributed by atoms with Crippen LogP contribution in [-0.2, 0) is 6.18 Å². The van der Waals surface area contributed by atoms with Crippen molar-refractivity contribution in [3.63, 3.8) is 0 Å². The molecule has 0 fully saturated rings. The molecule has 0 atom stereocenters. The number of amides is 1. The molecular formula is C14H19F3N2O. The molecule has 20 heavy (non-hydrogen) atoms. The number of nitrogens with one attached hydrogen (secondary N) is 1. The molecule has 1 aromatic rings. The maximum absolute atomic E-state index is 12.8. The van der Waals surface area contributed by atoms with Crippen molar-refractivity contribution >= 4 is 11.6 Å². The Morgan fingerprint density at radius 3 is 2.40 bits per heavy atom. The monoisotopic (exact) mass is 288 g/mol. The minimum atomic E-state index is -4.46. The van der Waals surface area contributed by atoms with E-state index in [0.717, 1.165) is 12.1 Å². The van der Waals surface area contributed by atoms with Crippen LogP contribution in [0.5, 0.6) is 0 Å². The quantitative estimate of drug-likeness (QED) is 0.917. The minimum Gasteiger partial charge on any atom is -0.385 e. The maximum Gasteiger partial charge on any atom is 0.416 e. The van der Waals surface area contributed by atoms with Gasteiger partial charge < -0.3 is 10.2 Å². The first kappa shape index (κ1) is 16.3. The lowest BCUT2D eigenvalue weighted by molar-refractivity contribution is -0.137. The number of benzene rings is 1. The molecule has 112 valence electrons. The van der Waals surface area contributed by atoms with Gasteiger partial charge in [0.05, 0.1) is 11.1 Å². The Balaban J connectivity index is 3.28. The van der Waals surface area contributed by atoms with Gasteiger partial charge in [-0.05, 0) is 39.0 Å². The van der Waals surface area contributed by atoms with E-state index < -0.39 is 17.6 Å². The summed E-state index contributed by atoms with van der Waals surface area (Å²) in [5.74, 6) is -0.429. The Morgan fingerprint density at radius 1 is 1.35 bits per heavy atom. The average Bonchev–Trinajstić information content (AvgIpc) is 2.36. The Hall–Kier alpha value is -1.72.